The van der Waals surface area contributed by atoms with E-state index < -0.39 is 122 Å². The molecule has 0 aliphatic carbocycles. The van der Waals surface area contributed by atoms with Crippen LogP contribution in [-0.4, -0.2) is 169 Å². The fourth-order valence-corrected chi connectivity index (χ4v) is 5.49. The fourth-order valence-electron chi connectivity index (χ4n) is 5.49. The average molecular weight is 851 g/mol. The Balaban J connectivity index is 1.61. The number of rotatable bonds is 23. The largest absolute Gasteiger partial charge is 0.481 e. The van der Waals surface area contributed by atoms with Gasteiger partial charge in [-0.3, -0.25) is 33.8 Å². The van der Waals surface area contributed by atoms with Gasteiger partial charge in [0, 0.05) is 23.7 Å². The van der Waals surface area contributed by atoms with Gasteiger partial charge in [0.2, 0.25) is 23.7 Å². The van der Waals surface area contributed by atoms with Crippen LogP contribution in [0.2, 0.25) is 0 Å². The van der Waals surface area contributed by atoms with Crippen LogP contribution in [0.25, 0.3) is 11.2 Å². The van der Waals surface area contributed by atoms with Crippen molar-refractivity contribution in [3.8, 4) is 0 Å². The molecule has 3 aromatic rings. The van der Waals surface area contributed by atoms with E-state index in [4.69, 9.17) is 10.8 Å². The molecule has 0 fully saturated rings. The van der Waals surface area contributed by atoms with E-state index in [-0.39, 0.29) is 35.6 Å². The first-order valence-electron chi connectivity index (χ1n) is 18.3. The molecule has 25 nitrogen and oxygen atoms in total. The quantitative estimate of drug-likeness (QED) is 0.0422. The van der Waals surface area contributed by atoms with Gasteiger partial charge in [-0.2, -0.15) is 4.98 Å². The number of aliphatic hydroxyl groups is 8. The summed E-state index contributed by atoms with van der Waals surface area (Å²) in [4.78, 5) is 90.6. The number of aliphatic carboxylic acids is 1. The summed E-state index contributed by atoms with van der Waals surface area (Å²) in [6.07, 6.45) is -12.3. The molecule has 0 aliphatic rings. The second-order valence-electron chi connectivity index (χ2n) is 13.8. The molecule has 25 heteroatoms. The molecule has 2 heterocycles. The van der Waals surface area contributed by atoms with Crippen molar-refractivity contribution < 1.29 is 69.9 Å². The van der Waals surface area contributed by atoms with Crippen molar-refractivity contribution >= 4 is 52.4 Å². The van der Waals surface area contributed by atoms with E-state index in [1.54, 1.807) is 19.1 Å². The van der Waals surface area contributed by atoms with Gasteiger partial charge in [-0.05, 0) is 44.5 Å². The molecule has 3 rings (SSSR count). The fraction of sp³-hybridized carbons (Fsp3) is 0.514. The Morgan fingerprint density at radius 2 is 1.42 bits per heavy atom. The lowest BCUT2D eigenvalue weighted by molar-refractivity contribution is -0.144. The van der Waals surface area contributed by atoms with Gasteiger partial charge in [-0.15, -0.1) is 0 Å². The Morgan fingerprint density at radius 3 is 2.02 bits per heavy atom. The zero-order valence-corrected chi connectivity index (χ0v) is 32.3. The molecule has 17 N–H and O–H groups in total. The number of amides is 4. The van der Waals surface area contributed by atoms with Crippen LogP contribution in [0, 0.1) is 0 Å². The molecule has 0 radical (unpaired) electrons. The van der Waals surface area contributed by atoms with Crippen LogP contribution in [0.5, 0.6) is 0 Å². The van der Waals surface area contributed by atoms with Gasteiger partial charge in [0.25, 0.3) is 11.5 Å². The number of benzene rings is 1. The Bertz CT molecular complexity index is 2010. The first kappa shape index (κ1) is 48.4. The van der Waals surface area contributed by atoms with Crippen LogP contribution in [0.1, 0.15) is 49.2 Å². The molecule has 0 spiro atoms. The first-order valence-corrected chi connectivity index (χ1v) is 18.3. The number of nitrogens with one attached hydrogen (secondary N) is 6. The number of fused-ring (bicyclic) bond motifs is 1. The number of nitrogen functional groups attached to an aromatic ring is 1. The molecule has 0 aliphatic heterocycles. The lowest BCUT2D eigenvalue weighted by Gasteiger charge is -2.31. The zero-order chi connectivity index (χ0) is 44.8. The second-order valence-corrected chi connectivity index (χ2v) is 13.8. The summed E-state index contributed by atoms with van der Waals surface area (Å²) in [7, 11) is 0. The van der Waals surface area contributed by atoms with Crippen LogP contribution >= 0.6 is 0 Å². The van der Waals surface area contributed by atoms with E-state index in [0.717, 1.165) is 6.92 Å². The Hall–Kier alpha value is -5.93. The minimum atomic E-state index is -2.34. The zero-order valence-electron chi connectivity index (χ0n) is 32.3. The Kier molecular flexibility index (Phi) is 18.1. The SMILES string of the molecule is C[C@H](CCC(=O)N[C@H](C(=O)N[C@@H](CC(=O)O)C(=O)N[C@H](C)[C@@H](O)[C@H](O)[C@H](O)CO)[C@@H](O)[C@H](O)[C@H](O)CO)NC(=O)c1ccc(NCc2cnc3nc(N)[nH]c(=O)c3n2)cc1. The molecule has 0 saturated heterocycles. The average Bonchev–Trinajstić information content (AvgIpc) is 3.21. The smallest absolute Gasteiger partial charge is 0.305 e. The standard InChI is InChI=1S/C35H50N10O15/c1-14(39-31(57)16-4-6-17(7-5-16)37-10-18-11-38-30-25(41-18)34(60)45-35(36)44-30)3-8-22(50)43-24(29(56)28(55)21(49)13-47)33(59)42-19(9-23(51)52)32(58)40-15(2)26(53)27(54)20(48)12-46/h4-7,11,14-15,19-21,24,26-29,37,46-49,53-56H,3,8-10,12-13H2,1-2H3,(H,39,57)(H,40,58)(H,42,59)(H,43,50)(H,51,52)(H3,36,38,44,45,60)/t14-,15-,19+,20-,21-,24+,26-,27-,28-,29-/m1/s1. The number of carboxylic acid groups (broad SMARTS) is 1. The number of H-pyrrole nitrogens is 1. The number of nitrogens with two attached hydrogens (primary N) is 1. The van der Waals surface area contributed by atoms with Crippen molar-refractivity contribution in [2.75, 3.05) is 24.3 Å². The maximum absolute atomic E-state index is 13.4. The van der Waals surface area contributed by atoms with E-state index >= 15 is 0 Å². The number of aromatic nitrogens is 4. The number of anilines is 2. The van der Waals surface area contributed by atoms with Crippen molar-refractivity contribution in [2.45, 2.75) is 100 Å². The number of hydrogen-bond acceptors (Lipinski definition) is 19. The lowest BCUT2D eigenvalue weighted by atomic mass is 9.99. The number of nitrogens with zero attached hydrogens (tertiary/aromatic N) is 3. The summed E-state index contributed by atoms with van der Waals surface area (Å²) in [6, 6.07) is 0.0917. The normalized spacial score (nSPS) is 16.4. The van der Waals surface area contributed by atoms with Crippen molar-refractivity contribution in [3.63, 3.8) is 0 Å². The Labute approximate surface area is 340 Å². The summed E-state index contributed by atoms with van der Waals surface area (Å²) in [5, 5.41) is 101. The highest BCUT2D eigenvalue weighted by molar-refractivity contribution is 5.95. The van der Waals surface area contributed by atoms with Crippen LogP contribution in [0.15, 0.2) is 35.3 Å². The number of aromatic amines is 1. The lowest BCUT2D eigenvalue weighted by Crippen LogP contribution is -2.62. The van der Waals surface area contributed by atoms with Crippen LogP contribution in [0.4, 0.5) is 11.6 Å². The van der Waals surface area contributed by atoms with Crippen molar-refractivity contribution in [2.24, 2.45) is 0 Å². The third-order valence-corrected chi connectivity index (χ3v) is 8.99. The molecule has 4 amide bonds. The van der Waals surface area contributed by atoms with Crippen LogP contribution in [-0.2, 0) is 25.7 Å². The number of carboxylic acids is 1. The molecular weight excluding hydrogens is 800 g/mol. The molecule has 330 valence electrons. The molecule has 1 aromatic carbocycles. The van der Waals surface area contributed by atoms with E-state index in [2.05, 4.69) is 41.2 Å². The highest BCUT2D eigenvalue weighted by atomic mass is 16.4. The van der Waals surface area contributed by atoms with E-state index in [1.807, 2.05) is 5.32 Å². The second kappa shape index (κ2) is 22.4. The predicted octanol–water partition coefficient (Wildman–Crippen LogP) is -6.10. The molecule has 0 bridgehead atoms. The topological polar surface area (TPSA) is 425 Å². The molecule has 10 atom stereocenters. The first-order chi connectivity index (χ1) is 28.2. The Morgan fingerprint density at radius 1 is 0.800 bits per heavy atom. The van der Waals surface area contributed by atoms with Gasteiger partial charge in [-0.25, -0.2) is 9.97 Å². The third kappa shape index (κ3) is 13.8. The maximum Gasteiger partial charge on any atom is 0.305 e. The molecule has 0 saturated carbocycles. The predicted molar refractivity (Wildman–Crippen MR) is 206 cm³/mol. The molecule has 0 unspecified atom stereocenters. The van der Waals surface area contributed by atoms with Crippen LogP contribution in [0.3, 0.4) is 0 Å². The molecular formula is C35H50N10O15. The molecule has 2 aromatic heterocycles. The van der Waals surface area contributed by atoms with E-state index in [1.165, 1.54) is 18.3 Å². The van der Waals surface area contributed by atoms with Gasteiger partial charge in [0.1, 0.15) is 48.7 Å². The van der Waals surface area contributed by atoms with Gasteiger partial charge in [0.05, 0.1) is 44.1 Å². The summed E-state index contributed by atoms with van der Waals surface area (Å²) >= 11 is 0. The van der Waals surface area contributed by atoms with Gasteiger partial charge < -0.3 is 78.3 Å². The van der Waals surface area contributed by atoms with E-state index in [9.17, 15) is 69.6 Å². The van der Waals surface area contributed by atoms with Crippen molar-refractivity contribution in [1.29, 1.82) is 0 Å². The van der Waals surface area contributed by atoms with Gasteiger partial charge in [0.15, 0.2) is 11.2 Å². The summed E-state index contributed by atoms with van der Waals surface area (Å²) in [5.41, 5.74) is 6.35. The van der Waals surface area contributed by atoms with E-state index in [0.29, 0.717) is 11.4 Å². The number of carbonyl (C=O) groups excluding carboxylic acids is 4. The van der Waals surface area contributed by atoms with Crippen molar-refractivity contribution in [3.05, 3.63) is 52.1 Å². The number of aliphatic hydroxyl groups excluding tert-OH is 8. The highest BCUT2D eigenvalue weighted by Crippen LogP contribution is 2.14. The van der Waals surface area contributed by atoms with Crippen LogP contribution < -0.4 is 37.9 Å². The summed E-state index contributed by atoms with van der Waals surface area (Å²) in [6.45, 7) is 0.859. The maximum atomic E-state index is 13.4. The summed E-state index contributed by atoms with van der Waals surface area (Å²) in [5.74, 6) is -5.83. The monoisotopic (exact) mass is 850 g/mol. The summed E-state index contributed by atoms with van der Waals surface area (Å²) < 4.78 is 0. The molecule has 60 heavy (non-hydrogen) atoms. The number of hydrogen-bond donors (Lipinski definition) is 16. The minimum absolute atomic E-state index is 0.0108. The van der Waals surface area contributed by atoms with Gasteiger partial charge >= 0.3 is 5.97 Å². The number of carbonyl (C=O) groups is 5. The third-order valence-electron chi connectivity index (χ3n) is 8.99. The highest BCUT2D eigenvalue weighted by Gasteiger charge is 2.39. The van der Waals surface area contributed by atoms with Crippen molar-refractivity contribution in [1.82, 2.24) is 41.2 Å². The minimum Gasteiger partial charge on any atom is -0.481 e. The van der Waals surface area contributed by atoms with Gasteiger partial charge in [-0.1, -0.05) is 0 Å².